The molecule has 4 aromatic rings. The van der Waals surface area contributed by atoms with E-state index < -0.39 is 118 Å². The second-order valence-corrected chi connectivity index (χ2v) is 22.3. The number of aryl methyl sites for hydroxylation is 4. The third kappa shape index (κ3) is 20.0. The molecule has 5 rings (SSSR count). The van der Waals surface area contributed by atoms with Gasteiger partial charge >= 0.3 is 23.9 Å². The number of pyridine rings is 1. The van der Waals surface area contributed by atoms with Crippen LogP contribution in [0.4, 0.5) is 5.95 Å². The average molecular weight is 1150 g/mol. The van der Waals surface area contributed by atoms with E-state index in [1.54, 1.807) is 77.0 Å². The van der Waals surface area contributed by atoms with Crippen LogP contribution in [0.15, 0.2) is 58.6 Å². The maximum atomic E-state index is 14.0. The number of carboxylic acids is 4. The third-order valence-corrected chi connectivity index (χ3v) is 15.1. The number of amides is 3. The summed E-state index contributed by atoms with van der Waals surface area (Å²) in [5.41, 5.74) is 1.37. The molecule has 31 heteroatoms. The monoisotopic (exact) mass is 1150 g/mol. The van der Waals surface area contributed by atoms with Crippen LogP contribution in [0.25, 0.3) is 10.9 Å². The van der Waals surface area contributed by atoms with Crippen LogP contribution in [0.3, 0.4) is 0 Å². The molecule has 1 aliphatic heterocycles. The topological polar surface area (TPSA) is 419 Å². The predicted octanol–water partition coefficient (Wildman–Crippen LogP) is -0.886. The highest BCUT2D eigenvalue weighted by atomic mass is 32.3. The average Bonchev–Trinajstić information content (AvgIpc) is 3.92. The quantitative estimate of drug-likeness (QED) is 0.0339. The molecule has 2 atom stereocenters. The Morgan fingerprint density at radius 2 is 1.28 bits per heavy atom. The number of H-pyrrole nitrogens is 1. The number of nitrogens with zero attached hydrogens (tertiary/aromatic N) is 6. The van der Waals surface area contributed by atoms with E-state index in [1.165, 1.54) is 16.8 Å². The third-order valence-electron chi connectivity index (χ3n) is 12.6. The lowest BCUT2D eigenvalue weighted by atomic mass is 10.1. The van der Waals surface area contributed by atoms with Gasteiger partial charge in [-0.3, -0.25) is 58.0 Å². The van der Waals surface area contributed by atoms with E-state index in [4.69, 9.17) is 0 Å². The first-order chi connectivity index (χ1) is 37.2. The molecule has 0 spiro atoms. The van der Waals surface area contributed by atoms with Gasteiger partial charge in [-0.1, -0.05) is 23.8 Å². The summed E-state index contributed by atoms with van der Waals surface area (Å²) in [5, 5.41) is 49.1. The molecular weight excluding hydrogens is 1080 g/mol. The van der Waals surface area contributed by atoms with Gasteiger partial charge in [-0.25, -0.2) is 13.4 Å². The number of nitrogens with one attached hydrogen (secondary N) is 6. The minimum atomic E-state index is -4.42. The van der Waals surface area contributed by atoms with Crippen LogP contribution in [0.5, 0.6) is 0 Å². The number of imidazole rings is 1. The van der Waals surface area contributed by atoms with Crippen LogP contribution in [0, 0.1) is 20.8 Å². The summed E-state index contributed by atoms with van der Waals surface area (Å²) < 4.78 is 60.7. The molecule has 2 aromatic carbocycles. The second-order valence-electron chi connectivity index (χ2n) is 19.0. The minimum Gasteiger partial charge on any atom is -0.480 e. The lowest BCUT2D eigenvalue weighted by Gasteiger charge is -2.33. The lowest BCUT2D eigenvalue weighted by molar-refractivity contribution is -0.140. The molecule has 1 saturated heterocycles. The van der Waals surface area contributed by atoms with Crippen LogP contribution in [-0.2, 0) is 51.9 Å². The zero-order chi connectivity index (χ0) is 58.2. The van der Waals surface area contributed by atoms with Crippen molar-refractivity contribution in [3.63, 3.8) is 0 Å². The normalized spacial score (nSPS) is 15.7. The SMILES string of the molecule is Cc1cc(C)c(S(=O)(=O)N[C@@H](CNC(=O)c2cn(CCCNC(=O)[C@H](CS(O)(O)O)NC(=O)CN3CCN(CC(=O)O)CCN(CC(=O)O)CCN(CC(=O)O)CC3)c3cc(CNc4ncc[nH]4)ccc3c2=O)C(=O)O)c(C)c1. The van der Waals surface area contributed by atoms with Crippen molar-refractivity contribution in [2.75, 3.05) is 103 Å². The molecule has 0 radical (unpaired) electrons. The highest BCUT2D eigenvalue weighted by Crippen LogP contribution is 2.33. The molecule has 434 valence electrons. The van der Waals surface area contributed by atoms with Gasteiger partial charge in [0.1, 0.15) is 17.6 Å². The molecule has 3 heterocycles. The predicted molar refractivity (Wildman–Crippen MR) is 287 cm³/mol. The number of aliphatic carboxylic acids is 4. The summed E-state index contributed by atoms with van der Waals surface area (Å²) in [6, 6.07) is 4.47. The number of carboxylic acid groups (broad SMARTS) is 4. The molecule has 1 fully saturated rings. The van der Waals surface area contributed by atoms with Gasteiger partial charge in [0, 0.05) is 103 Å². The number of anilines is 1. The largest absolute Gasteiger partial charge is 0.480 e. The summed E-state index contributed by atoms with van der Waals surface area (Å²) in [7, 11) is -8.83. The van der Waals surface area contributed by atoms with Crippen molar-refractivity contribution in [1.29, 1.82) is 0 Å². The number of rotatable bonds is 26. The van der Waals surface area contributed by atoms with Crippen molar-refractivity contribution in [2.24, 2.45) is 0 Å². The Balaban J connectivity index is 1.32. The Morgan fingerprint density at radius 3 is 1.77 bits per heavy atom. The Morgan fingerprint density at radius 1 is 0.734 bits per heavy atom. The van der Waals surface area contributed by atoms with Crippen molar-refractivity contribution in [3.05, 3.63) is 87.0 Å². The van der Waals surface area contributed by atoms with Gasteiger partial charge in [0.05, 0.1) is 53.2 Å². The second kappa shape index (κ2) is 28.7. The Hall–Kier alpha value is -7.07. The Labute approximate surface area is 455 Å². The summed E-state index contributed by atoms with van der Waals surface area (Å²) in [6.45, 7) is 3.32. The van der Waals surface area contributed by atoms with Crippen LogP contribution in [0.2, 0.25) is 0 Å². The highest BCUT2D eigenvalue weighted by Gasteiger charge is 2.31. The van der Waals surface area contributed by atoms with E-state index in [2.05, 4.69) is 36.0 Å². The fourth-order valence-electron chi connectivity index (χ4n) is 8.97. The first-order valence-electron chi connectivity index (χ1n) is 24.8. The maximum Gasteiger partial charge on any atom is 0.323 e. The fraction of sp³-hybridized carbons (Fsp3) is 0.479. The number of hydrogen-bond acceptors (Lipinski definition) is 19. The smallest absolute Gasteiger partial charge is 0.323 e. The van der Waals surface area contributed by atoms with Gasteiger partial charge in [0.2, 0.25) is 27.3 Å². The number of carbonyl (C=O) groups excluding carboxylic acids is 3. The number of carbonyl (C=O) groups is 7. The summed E-state index contributed by atoms with van der Waals surface area (Å²) in [6.07, 6.45) is 4.45. The van der Waals surface area contributed by atoms with E-state index in [-0.39, 0.29) is 95.2 Å². The van der Waals surface area contributed by atoms with Gasteiger partial charge in [-0.05, 0) is 56.0 Å². The van der Waals surface area contributed by atoms with Gasteiger partial charge in [-0.15, -0.1) is 0 Å². The zero-order valence-corrected chi connectivity index (χ0v) is 45.3. The number of fused-ring (bicyclic) bond motifs is 1. The summed E-state index contributed by atoms with van der Waals surface area (Å²) in [4.78, 5) is 116. The van der Waals surface area contributed by atoms with Gasteiger partial charge < -0.3 is 64.9 Å². The fourth-order valence-corrected chi connectivity index (χ4v) is 11.3. The molecule has 13 N–H and O–H groups in total. The van der Waals surface area contributed by atoms with Gasteiger partial charge in [0.15, 0.2) is 5.95 Å². The first-order valence-corrected chi connectivity index (χ1v) is 27.9. The van der Waals surface area contributed by atoms with Gasteiger partial charge in [-0.2, -0.15) is 4.72 Å². The Kier molecular flexibility index (Phi) is 22.8. The number of sulfonamides is 1. The highest BCUT2D eigenvalue weighted by molar-refractivity contribution is 8.19. The summed E-state index contributed by atoms with van der Waals surface area (Å²) in [5.74, 6) is -8.43. The molecule has 0 aliphatic carbocycles. The lowest BCUT2D eigenvalue weighted by Crippen LogP contribution is -2.53. The Bertz CT molecular complexity index is 2950. The van der Waals surface area contributed by atoms with Crippen molar-refractivity contribution < 1.29 is 76.1 Å². The van der Waals surface area contributed by atoms with Crippen LogP contribution in [-0.4, -0.2) is 228 Å². The van der Waals surface area contributed by atoms with Crippen LogP contribution in [0.1, 0.15) is 39.0 Å². The maximum absolute atomic E-state index is 14.0. The van der Waals surface area contributed by atoms with Crippen molar-refractivity contribution in [2.45, 2.75) is 57.3 Å². The molecule has 0 bridgehead atoms. The molecule has 2 aromatic heterocycles. The van der Waals surface area contributed by atoms with E-state index in [1.807, 2.05) is 0 Å². The zero-order valence-electron chi connectivity index (χ0n) is 43.7. The molecular formula is C48H68N12O17S2. The summed E-state index contributed by atoms with van der Waals surface area (Å²) >= 11 is 0. The minimum absolute atomic E-state index is 0.00420. The number of benzene rings is 2. The van der Waals surface area contributed by atoms with Crippen molar-refractivity contribution in [3.8, 4) is 0 Å². The van der Waals surface area contributed by atoms with E-state index in [9.17, 15) is 80.9 Å². The number of aromatic amines is 1. The van der Waals surface area contributed by atoms with Crippen LogP contribution < -0.4 is 31.4 Å². The molecule has 3 amide bonds. The number of hydrogen-bond donors (Lipinski definition) is 13. The van der Waals surface area contributed by atoms with E-state index in [0.717, 1.165) is 5.56 Å². The first kappa shape index (κ1) is 62.8. The molecule has 1 aliphatic rings. The number of aromatic nitrogens is 3. The molecule has 29 nitrogen and oxygen atoms in total. The van der Waals surface area contributed by atoms with E-state index >= 15 is 0 Å². The van der Waals surface area contributed by atoms with Crippen molar-refractivity contribution >= 4 is 79.3 Å². The van der Waals surface area contributed by atoms with Crippen molar-refractivity contribution in [1.82, 2.24) is 54.8 Å². The molecule has 0 unspecified atom stereocenters. The molecule has 0 saturated carbocycles. The standard InChI is InChI=1S/C48H68N12O17S2/c1-30-19-31(2)44(32(3)20-30)79(76,77)55-36(47(71)72)23-52-45(69)35-24-60(38-21-33(5-6-34(38)43(35)68)22-53-48-50-8-9-51-48)10-4-7-49-46(70)37(29-78(73,74)75)54-39(61)25-56-11-13-57(26-40(62)63)15-17-59(28-42(66)67)18-16-58(14-12-56)27-41(64)65/h5-6,8-9,19-21,24,36-37,55,73-75H,4,7,10-18,22-23,25-29H2,1-3H3,(H,49,70)(H,52,69)(H,54,61)(H,62,63)(H,64,65)(H,66,67)(H,71,72)(H2,50,51,53)/t36-,37-/m0/s1. The van der Waals surface area contributed by atoms with Gasteiger partial charge in [0.25, 0.3) is 5.91 Å². The molecule has 79 heavy (non-hydrogen) atoms. The van der Waals surface area contributed by atoms with Crippen LogP contribution >= 0.6 is 10.9 Å². The van der Waals surface area contributed by atoms with E-state index in [0.29, 0.717) is 28.2 Å².